The summed E-state index contributed by atoms with van der Waals surface area (Å²) < 4.78 is 28.6. The van der Waals surface area contributed by atoms with Gasteiger partial charge < -0.3 is 13.7 Å². The van der Waals surface area contributed by atoms with Gasteiger partial charge in [-0.3, -0.25) is 0 Å². The van der Waals surface area contributed by atoms with Gasteiger partial charge in [0, 0.05) is 6.07 Å². The Morgan fingerprint density at radius 3 is 2.86 bits per heavy atom. The van der Waals surface area contributed by atoms with Gasteiger partial charge in [-0.05, 0) is 24.3 Å². The first-order valence-electron chi connectivity index (χ1n) is 6.15. The van der Waals surface area contributed by atoms with Gasteiger partial charge in [0.2, 0.25) is 5.76 Å². The van der Waals surface area contributed by atoms with Gasteiger partial charge in [0.05, 0.1) is 11.8 Å². The molecule has 0 radical (unpaired) electrons. The van der Waals surface area contributed by atoms with Crippen molar-refractivity contribution in [2.75, 3.05) is 0 Å². The Labute approximate surface area is 118 Å². The molecule has 6 heteroatoms. The topological polar surface area (TPSA) is 65.5 Å². The highest BCUT2D eigenvalue weighted by atomic mass is 19.1. The van der Waals surface area contributed by atoms with Crippen molar-refractivity contribution < 1.29 is 22.9 Å². The highest BCUT2D eigenvalue weighted by Gasteiger charge is 2.14. The number of furan rings is 1. The molecule has 1 aromatic carbocycles. The Morgan fingerprint density at radius 1 is 1.24 bits per heavy atom. The average Bonchev–Trinajstić information content (AvgIpc) is 3.17. The summed E-state index contributed by atoms with van der Waals surface area (Å²) in [6, 6.07) is 10.8. The van der Waals surface area contributed by atoms with Crippen LogP contribution in [0, 0.1) is 5.82 Å². The number of aromatic nitrogens is 1. The number of hydrogen-bond donors (Lipinski definition) is 0. The predicted octanol–water partition coefficient (Wildman–Crippen LogP) is 3.43. The van der Waals surface area contributed by atoms with Gasteiger partial charge in [0.15, 0.2) is 5.76 Å². The molecule has 2 heterocycles. The first-order valence-corrected chi connectivity index (χ1v) is 6.15. The summed E-state index contributed by atoms with van der Waals surface area (Å²) in [7, 11) is 0. The van der Waals surface area contributed by atoms with Gasteiger partial charge >= 0.3 is 5.97 Å². The monoisotopic (exact) mass is 287 g/mol. The van der Waals surface area contributed by atoms with E-state index in [2.05, 4.69) is 5.16 Å². The van der Waals surface area contributed by atoms with Gasteiger partial charge in [-0.2, -0.15) is 0 Å². The molecule has 0 saturated heterocycles. The Balaban J connectivity index is 1.69. The Morgan fingerprint density at radius 2 is 2.10 bits per heavy atom. The van der Waals surface area contributed by atoms with E-state index < -0.39 is 11.8 Å². The summed E-state index contributed by atoms with van der Waals surface area (Å²) >= 11 is 0. The van der Waals surface area contributed by atoms with Crippen LogP contribution < -0.4 is 0 Å². The van der Waals surface area contributed by atoms with Crippen molar-refractivity contribution in [3.8, 4) is 11.3 Å². The molecule has 0 atom stereocenters. The zero-order valence-electron chi connectivity index (χ0n) is 10.8. The van der Waals surface area contributed by atoms with Gasteiger partial charge in [-0.1, -0.05) is 17.3 Å². The van der Waals surface area contributed by atoms with E-state index in [1.165, 1.54) is 24.5 Å². The number of rotatable bonds is 4. The summed E-state index contributed by atoms with van der Waals surface area (Å²) in [5.74, 6) is -0.631. The number of carbonyl (C=O) groups excluding carboxylic acids is 1. The summed E-state index contributed by atoms with van der Waals surface area (Å²) in [5, 5.41) is 3.74. The molecule has 0 bridgehead atoms. The van der Waals surface area contributed by atoms with E-state index in [-0.39, 0.29) is 18.1 Å². The average molecular weight is 287 g/mol. The molecule has 2 aromatic heterocycles. The maximum Gasteiger partial charge on any atom is 0.374 e. The lowest BCUT2D eigenvalue weighted by molar-refractivity contribution is 0.0428. The van der Waals surface area contributed by atoms with Gasteiger partial charge in [-0.25, -0.2) is 9.18 Å². The van der Waals surface area contributed by atoms with Crippen LogP contribution in [0.2, 0.25) is 0 Å². The quantitative estimate of drug-likeness (QED) is 0.688. The number of benzene rings is 1. The van der Waals surface area contributed by atoms with Gasteiger partial charge in [0.25, 0.3) is 0 Å². The molecule has 0 unspecified atom stereocenters. The van der Waals surface area contributed by atoms with Crippen LogP contribution in [0.4, 0.5) is 4.39 Å². The molecule has 3 rings (SSSR count). The zero-order chi connectivity index (χ0) is 14.7. The third kappa shape index (κ3) is 2.84. The molecule has 0 fully saturated rings. The number of esters is 1. The number of nitrogens with zero attached hydrogens (tertiary/aromatic N) is 1. The third-order valence-electron chi connectivity index (χ3n) is 2.77. The van der Waals surface area contributed by atoms with Crippen molar-refractivity contribution in [2.24, 2.45) is 0 Å². The standard InChI is InChI=1S/C15H10FNO4/c16-12-5-2-1-4-11(12)14-8-10(17-21-14)9-20-15(18)13-6-3-7-19-13/h1-8H,9H2. The SMILES string of the molecule is O=C(OCc1cc(-c2ccccc2F)on1)c1ccco1. The molecule has 0 spiro atoms. The molecule has 21 heavy (non-hydrogen) atoms. The first-order chi connectivity index (χ1) is 10.2. The summed E-state index contributed by atoms with van der Waals surface area (Å²) in [6.07, 6.45) is 1.38. The lowest BCUT2D eigenvalue weighted by atomic mass is 10.1. The molecule has 0 aliphatic carbocycles. The van der Waals surface area contributed by atoms with Crippen LogP contribution in [-0.4, -0.2) is 11.1 Å². The van der Waals surface area contributed by atoms with E-state index in [0.29, 0.717) is 11.3 Å². The maximum absolute atomic E-state index is 13.6. The molecule has 3 aromatic rings. The largest absolute Gasteiger partial charge is 0.457 e. The van der Waals surface area contributed by atoms with Crippen molar-refractivity contribution in [3.05, 3.63) is 66.0 Å². The van der Waals surface area contributed by atoms with E-state index in [4.69, 9.17) is 13.7 Å². The minimum atomic E-state index is -0.601. The Kier molecular flexibility index (Phi) is 3.51. The van der Waals surface area contributed by atoms with Crippen LogP contribution >= 0.6 is 0 Å². The first kappa shape index (κ1) is 13.1. The van der Waals surface area contributed by atoms with Crippen LogP contribution in [-0.2, 0) is 11.3 Å². The van der Waals surface area contributed by atoms with Crippen molar-refractivity contribution in [1.29, 1.82) is 0 Å². The lowest BCUT2D eigenvalue weighted by Gasteiger charge is -1.98. The van der Waals surface area contributed by atoms with Crippen molar-refractivity contribution in [3.63, 3.8) is 0 Å². The van der Waals surface area contributed by atoms with Crippen LogP contribution in [0.25, 0.3) is 11.3 Å². The Bertz CT molecular complexity index is 749. The molecular weight excluding hydrogens is 277 g/mol. The number of halogens is 1. The van der Waals surface area contributed by atoms with E-state index in [0.717, 1.165) is 0 Å². The van der Waals surface area contributed by atoms with Crippen LogP contribution in [0.1, 0.15) is 16.2 Å². The van der Waals surface area contributed by atoms with Crippen LogP contribution in [0.3, 0.4) is 0 Å². The molecular formula is C15H10FNO4. The van der Waals surface area contributed by atoms with E-state index in [9.17, 15) is 9.18 Å². The smallest absolute Gasteiger partial charge is 0.374 e. The fourth-order valence-electron chi connectivity index (χ4n) is 1.77. The van der Waals surface area contributed by atoms with Crippen molar-refractivity contribution >= 4 is 5.97 Å². The number of carbonyl (C=O) groups is 1. The summed E-state index contributed by atoms with van der Waals surface area (Å²) in [4.78, 5) is 11.6. The van der Waals surface area contributed by atoms with E-state index in [1.807, 2.05) is 0 Å². The lowest BCUT2D eigenvalue weighted by Crippen LogP contribution is -2.03. The minimum Gasteiger partial charge on any atom is -0.457 e. The maximum atomic E-state index is 13.6. The number of ether oxygens (including phenoxy) is 1. The van der Waals surface area contributed by atoms with Crippen molar-refractivity contribution in [1.82, 2.24) is 5.16 Å². The van der Waals surface area contributed by atoms with Gasteiger partial charge in [0.1, 0.15) is 18.1 Å². The van der Waals surface area contributed by atoms with E-state index >= 15 is 0 Å². The molecule has 5 nitrogen and oxygen atoms in total. The van der Waals surface area contributed by atoms with Crippen molar-refractivity contribution in [2.45, 2.75) is 6.61 Å². The van der Waals surface area contributed by atoms with Crippen LogP contribution in [0.15, 0.2) is 57.7 Å². The third-order valence-corrected chi connectivity index (χ3v) is 2.77. The highest BCUT2D eigenvalue weighted by molar-refractivity contribution is 5.86. The summed E-state index contributed by atoms with van der Waals surface area (Å²) in [5.41, 5.74) is 0.682. The molecule has 0 N–H and O–H groups in total. The van der Waals surface area contributed by atoms with E-state index in [1.54, 1.807) is 24.3 Å². The zero-order valence-corrected chi connectivity index (χ0v) is 10.8. The minimum absolute atomic E-state index is 0.0858. The highest BCUT2D eigenvalue weighted by Crippen LogP contribution is 2.23. The Hall–Kier alpha value is -2.89. The second kappa shape index (κ2) is 5.62. The fraction of sp³-hybridized carbons (Fsp3) is 0.0667. The normalized spacial score (nSPS) is 10.5. The molecule has 0 aliphatic heterocycles. The molecule has 106 valence electrons. The molecule has 0 amide bonds. The van der Waals surface area contributed by atoms with Gasteiger partial charge in [-0.15, -0.1) is 0 Å². The second-order valence-electron chi connectivity index (χ2n) is 4.22. The summed E-state index contributed by atoms with van der Waals surface area (Å²) in [6.45, 7) is -0.0858. The molecule has 0 saturated carbocycles. The second-order valence-corrected chi connectivity index (χ2v) is 4.22. The molecule has 0 aliphatic rings. The predicted molar refractivity (Wildman–Crippen MR) is 69.7 cm³/mol. The van der Waals surface area contributed by atoms with Crippen LogP contribution in [0.5, 0.6) is 0 Å². The fourth-order valence-corrected chi connectivity index (χ4v) is 1.77. The number of hydrogen-bond acceptors (Lipinski definition) is 5.